The van der Waals surface area contributed by atoms with Gasteiger partial charge in [0.05, 0.1) is 13.2 Å². The SMILES string of the molecule is COc1ccc(NC2(C#N)CCC(C)C(C)C2)cc1. The van der Waals surface area contributed by atoms with Gasteiger partial charge in [-0.1, -0.05) is 13.8 Å². The largest absolute Gasteiger partial charge is 0.497 e. The quantitative estimate of drug-likeness (QED) is 0.896. The highest BCUT2D eigenvalue weighted by molar-refractivity contribution is 5.50. The monoisotopic (exact) mass is 258 g/mol. The van der Waals surface area contributed by atoms with Crippen molar-refractivity contribution in [2.75, 3.05) is 12.4 Å². The summed E-state index contributed by atoms with van der Waals surface area (Å²) >= 11 is 0. The minimum atomic E-state index is -0.416. The van der Waals surface area contributed by atoms with E-state index in [0.29, 0.717) is 11.8 Å². The molecule has 3 unspecified atom stereocenters. The van der Waals surface area contributed by atoms with Gasteiger partial charge in [0, 0.05) is 5.69 Å². The predicted octanol–water partition coefficient (Wildman–Crippen LogP) is 3.83. The molecule has 3 heteroatoms. The molecule has 1 fully saturated rings. The first-order chi connectivity index (χ1) is 9.08. The highest BCUT2D eigenvalue weighted by Gasteiger charge is 2.37. The first-order valence-corrected chi connectivity index (χ1v) is 6.92. The fraction of sp³-hybridized carbons (Fsp3) is 0.562. The standard InChI is InChI=1S/C16H22N2O/c1-12-8-9-16(11-17,10-13(12)2)18-14-4-6-15(19-3)7-5-14/h4-7,12-13,18H,8-10H2,1-3H3. The van der Waals surface area contributed by atoms with Crippen LogP contribution in [0.15, 0.2) is 24.3 Å². The zero-order chi connectivity index (χ0) is 13.9. The summed E-state index contributed by atoms with van der Waals surface area (Å²) < 4.78 is 5.15. The van der Waals surface area contributed by atoms with Crippen LogP contribution in [0.5, 0.6) is 5.75 Å². The molecule has 1 aliphatic carbocycles. The first kappa shape index (κ1) is 13.7. The average molecular weight is 258 g/mol. The van der Waals surface area contributed by atoms with Gasteiger partial charge in [-0.05, 0) is 55.4 Å². The molecule has 0 amide bonds. The number of anilines is 1. The predicted molar refractivity (Wildman–Crippen MR) is 77.1 cm³/mol. The number of nitrogens with zero attached hydrogens (tertiary/aromatic N) is 1. The topological polar surface area (TPSA) is 45.0 Å². The molecule has 0 heterocycles. The number of hydrogen-bond acceptors (Lipinski definition) is 3. The summed E-state index contributed by atoms with van der Waals surface area (Å²) in [5.41, 5.74) is 0.574. The van der Waals surface area contributed by atoms with Crippen molar-refractivity contribution in [1.29, 1.82) is 5.26 Å². The fourth-order valence-electron chi connectivity index (χ4n) is 2.81. The molecule has 3 nitrogen and oxygen atoms in total. The molecule has 0 aliphatic heterocycles. The van der Waals surface area contributed by atoms with Crippen LogP contribution in [0.1, 0.15) is 33.1 Å². The summed E-state index contributed by atoms with van der Waals surface area (Å²) in [5.74, 6) is 2.13. The summed E-state index contributed by atoms with van der Waals surface area (Å²) in [6.07, 6.45) is 2.94. The summed E-state index contributed by atoms with van der Waals surface area (Å²) in [6, 6.07) is 10.3. The van der Waals surface area contributed by atoms with Gasteiger partial charge in [0.2, 0.25) is 0 Å². The highest BCUT2D eigenvalue weighted by Crippen LogP contribution is 2.38. The van der Waals surface area contributed by atoms with Crippen LogP contribution in [0.3, 0.4) is 0 Å². The minimum absolute atomic E-state index is 0.416. The van der Waals surface area contributed by atoms with E-state index in [0.717, 1.165) is 30.7 Å². The molecule has 19 heavy (non-hydrogen) atoms. The van der Waals surface area contributed by atoms with Crippen LogP contribution in [-0.2, 0) is 0 Å². The van der Waals surface area contributed by atoms with Crippen molar-refractivity contribution in [1.82, 2.24) is 0 Å². The van der Waals surface area contributed by atoms with Gasteiger partial charge >= 0.3 is 0 Å². The molecule has 0 bridgehead atoms. The Bertz CT molecular complexity index is 463. The molecule has 1 aliphatic rings. The summed E-state index contributed by atoms with van der Waals surface area (Å²) in [7, 11) is 1.66. The van der Waals surface area contributed by atoms with E-state index in [4.69, 9.17) is 4.74 Å². The Balaban J connectivity index is 2.12. The Morgan fingerprint density at radius 2 is 1.95 bits per heavy atom. The van der Waals surface area contributed by atoms with E-state index in [-0.39, 0.29) is 0 Å². The van der Waals surface area contributed by atoms with Crippen LogP contribution < -0.4 is 10.1 Å². The maximum Gasteiger partial charge on any atom is 0.125 e. The summed E-state index contributed by atoms with van der Waals surface area (Å²) in [4.78, 5) is 0. The Kier molecular flexibility index (Phi) is 3.99. The van der Waals surface area contributed by atoms with Crippen LogP contribution >= 0.6 is 0 Å². The minimum Gasteiger partial charge on any atom is -0.497 e. The maximum atomic E-state index is 9.57. The van der Waals surface area contributed by atoms with Crippen molar-refractivity contribution < 1.29 is 4.74 Å². The average Bonchev–Trinajstić information content (AvgIpc) is 2.44. The van der Waals surface area contributed by atoms with Gasteiger partial charge in [0.25, 0.3) is 0 Å². The molecule has 1 N–H and O–H groups in total. The van der Waals surface area contributed by atoms with Gasteiger partial charge < -0.3 is 10.1 Å². The fourth-order valence-corrected chi connectivity index (χ4v) is 2.81. The normalized spacial score (nSPS) is 30.4. The zero-order valence-electron chi connectivity index (χ0n) is 11.9. The van der Waals surface area contributed by atoms with Crippen molar-refractivity contribution in [2.45, 2.75) is 38.6 Å². The molecule has 0 spiro atoms. The number of benzene rings is 1. The second-order valence-electron chi connectivity index (χ2n) is 5.74. The van der Waals surface area contributed by atoms with Crippen molar-refractivity contribution in [2.24, 2.45) is 11.8 Å². The van der Waals surface area contributed by atoms with E-state index in [2.05, 4.69) is 25.2 Å². The molecule has 102 valence electrons. The second kappa shape index (κ2) is 5.52. The van der Waals surface area contributed by atoms with Gasteiger partial charge in [0.15, 0.2) is 0 Å². The Morgan fingerprint density at radius 3 is 2.47 bits per heavy atom. The van der Waals surface area contributed by atoms with E-state index in [1.54, 1.807) is 7.11 Å². The smallest absolute Gasteiger partial charge is 0.125 e. The van der Waals surface area contributed by atoms with Gasteiger partial charge in [-0.15, -0.1) is 0 Å². The molecule has 1 aromatic rings. The van der Waals surface area contributed by atoms with Crippen LogP contribution in [-0.4, -0.2) is 12.6 Å². The molecule has 0 radical (unpaired) electrons. The number of nitriles is 1. The van der Waals surface area contributed by atoms with Crippen LogP contribution in [0.2, 0.25) is 0 Å². The number of hydrogen-bond donors (Lipinski definition) is 1. The van der Waals surface area contributed by atoms with Crippen LogP contribution in [0, 0.1) is 23.2 Å². The van der Waals surface area contributed by atoms with Gasteiger partial charge in [-0.3, -0.25) is 0 Å². The highest BCUT2D eigenvalue weighted by atomic mass is 16.5. The Hall–Kier alpha value is -1.69. The third-order valence-electron chi connectivity index (χ3n) is 4.36. The van der Waals surface area contributed by atoms with Crippen molar-refractivity contribution in [3.8, 4) is 11.8 Å². The lowest BCUT2D eigenvalue weighted by Gasteiger charge is -2.39. The van der Waals surface area contributed by atoms with Gasteiger partial charge in [-0.2, -0.15) is 5.26 Å². The van der Waals surface area contributed by atoms with E-state index in [1.165, 1.54) is 0 Å². The molecule has 3 atom stereocenters. The summed E-state index contributed by atoms with van der Waals surface area (Å²) in [6.45, 7) is 4.52. The van der Waals surface area contributed by atoms with Crippen molar-refractivity contribution in [3.05, 3.63) is 24.3 Å². The molecule has 1 saturated carbocycles. The lowest BCUT2D eigenvalue weighted by molar-refractivity contribution is 0.226. The van der Waals surface area contributed by atoms with Crippen molar-refractivity contribution >= 4 is 5.69 Å². The Morgan fingerprint density at radius 1 is 1.26 bits per heavy atom. The second-order valence-corrected chi connectivity index (χ2v) is 5.74. The first-order valence-electron chi connectivity index (χ1n) is 6.92. The number of nitrogens with one attached hydrogen (secondary N) is 1. The van der Waals surface area contributed by atoms with E-state index < -0.39 is 5.54 Å². The molecular weight excluding hydrogens is 236 g/mol. The lowest BCUT2D eigenvalue weighted by Crippen LogP contribution is -2.43. The van der Waals surface area contributed by atoms with Crippen LogP contribution in [0.25, 0.3) is 0 Å². The third kappa shape index (κ3) is 3.01. The molecule has 2 rings (SSSR count). The molecule has 0 saturated heterocycles. The maximum absolute atomic E-state index is 9.57. The van der Waals surface area contributed by atoms with E-state index in [9.17, 15) is 5.26 Å². The molecule has 1 aromatic carbocycles. The van der Waals surface area contributed by atoms with Gasteiger partial charge in [-0.25, -0.2) is 0 Å². The van der Waals surface area contributed by atoms with Crippen LogP contribution in [0.4, 0.5) is 5.69 Å². The number of rotatable bonds is 3. The van der Waals surface area contributed by atoms with E-state index in [1.807, 2.05) is 24.3 Å². The lowest BCUT2D eigenvalue weighted by atomic mass is 9.72. The van der Waals surface area contributed by atoms with E-state index >= 15 is 0 Å². The molecule has 0 aromatic heterocycles. The Labute approximate surface area is 115 Å². The number of ether oxygens (including phenoxy) is 1. The zero-order valence-corrected chi connectivity index (χ0v) is 11.9. The molecular formula is C16H22N2O. The number of methoxy groups -OCH3 is 1. The van der Waals surface area contributed by atoms with Crippen molar-refractivity contribution in [3.63, 3.8) is 0 Å². The third-order valence-corrected chi connectivity index (χ3v) is 4.36. The van der Waals surface area contributed by atoms with Gasteiger partial charge in [0.1, 0.15) is 11.3 Å². The summed E-state index contributed by atoms with van der Waals surface area (Å²) in [5, 5.41) is 13.0.